The van der Waals surface area contributed by atoms with Gasteiger partial charge in [-0.2, -0.15) is 0 Å². The van der Waals surface area contributed by atoms with Crippen molar-refractivity contribution in [2.75, 3.05) is 25.0 Å². The average Bonchev–Trinajstić information content (AvgIpc) is 1.68. The Morgan fingerprint density at radius 3 is 2.34 bits per heavy atom. The predicted molar refractivity (Wildman–Crippen MR) is 300 cm³/mol. The van der Waals surface area contributed by atoms with Crippen LogP contribution in [0.1, 0.15) is 115 Å². The number of rotatable bonds is 20. The maximum Gasteiger partial charge on any atom is 0.407 e. The van der Waals surface area contributed by atoms with E-state index in [1.165, 1.54) is 30.0 Å². The number of nitrogens with zero attached hydrogens (tertiary/aromatic N) is 1. The Morgan fingerprint density at radius 2 is 1.64 bits per heavy atom. The molecule has 3 aliphatic heterocycles. The van der Waals surface area contributed by atoms with Gasteiger partial charge in [-0.1, -0.05) is 69.7 Å². The number of thioether (sulfide) groups is 1. The van der Waals surface area contributed by atoms with E-state index in [9.17, 15) is 69.0 Å². The minimum atomic E-state index is -1.99. The van der Waals surface area contributed by atoms with Crippen LogP contribution in [0.25, 0.3) is 0 Å². The number of hydrogen-bond acceptors (Lipinski definition) is 19. The zero-order valence-electron chi connectivity index (χ0n) is 47.7. The number of carbonyl (C=O) groups is 8. The molecule has 7 aliphatic carbocycles. The Balaban J connectivity index is 0.676. The molecule has 24 heteroatoms. The van der Waals surface area contributed by atoms with Crippen LogP contribution in [0.15, 0.2) is 66.3 Å². The standard InChI is InChI=1S/C61H74N4O19S/c1-30(2)85-41-22-46(72)65(52(41)76)18-15-44(70)62-17-14-45(71)63-38-19-32(7-12-40(38)81-55-50(75)48(73)49(74)51(83-55)53(77)78)26-80-56(79)64-60-27-59(28-60,29-60)23-31-5-8-33(9-6-31)54-82-43-21-37-36-11-10-34-20-35(67)13-16-57(34,3)47(36)39(68)24-58(37,4)61(43,84-54)42(69)25-66/h5-9,12-13,16,19-20,30,36-37,39,41,43,47-51,54-55,66,68,73-75H,10-11,14-15,17-18,21-29H2,1-4H3,(H,62,70)(H,63,71)(H,64,79)(H,77,78)/t36-,37-,39-,41?,43+,47+,48-,49-,50+,51-,54+,55+,57-,58-,59?,60?,61+/m0/s1. The summed E-state index contributed by atoms with van der Waals surface area (Å²) >= 11 is 1.38. The van der Waals surface area contributed by atoms with E-state index < -0.39 is 113 Å². The van der Waals surface area contributed by atoms with Gasteiger partial charge in [0.1, 0.15) is 37.3 Å². The van der Waals surface area contributed by atoms with Gasteiger partial charge < -0.3 is 70.3 Å². The molecule has 5 amide bonds. The molecule has 9 N–H and O–H groups in total. The van der Waals surface area contributed by atoms with Gasteiger partial charge >= 0.3 is 12.1 Å². The first-order chi connectivity index (χ1) is 40.3. The number of hydrogen-bond donors (Lipinski definition) is 9. The molecule has 0 aromatic heterocycles. The molecule has 1 unspecified atom stereocenters. The maximum absolute atomic E-state index is 14.1. The van der Waals surface area contributed by atoms with Crippen molar-refractivity contribution < 1.29 is 92.7 Å². The lowest BCUT2D eigenvalue weighted by atomic mass is 9.38. The van der Waals surface area contributed by atoms with Gasteiger partial charge in [-0.15, -0.1) is 11.8 Å². The van der Waals surface area contributed by atoms with Crippen molar-refractivity contribution in [3.05, 3.63) is 83.0 Å². The molecular formula is C61H74N4O19S. The smallest absolute Gasteiger partial charge is 0.407 e. The van der Waals surface area contributed by atoms with Crippen LogP contribution in [0.2, 0.25) is 0 Å². The minimum absolute atomic E-state index is 0.0309. The van der Waals surface area contributed by atoms with Crippen LogP contribution in [0, 0.1) is 34.0 Å². The third kappa shape index (κ3) is 10.9. The number of fused-ring (bicyclic) bond motifs is 7. The number of likely N-dealkylation sites (tertiary alicyclic amines) is 1. The number of nitrogens with one attached hydrogen (secondary N) is 3. The molecule has 6 saturated carbocycles. The maximum atomic E-state index is 14.1. The quantitative estimate of drug-likeness (QED) is 0.0860. The van der Waals surface area contributed by atoms with Crippen molar-refractivity contribution in [3.8, 4) is 5.75 Å². The van der Waals surface area contributed by atoms with Gasteiger partial charge in [-0.3, -0.25) is 33.7 Å². The summed E-state index contributed by atoms with van der Waals surface area (Å²) in [5.41, 5.74) is -0.164. The summed E-state index contributed by atoms with van der Waals surface area (Å²) < 4.78 is 30.2. The fraction of sp³-hybridized carbons (Fsp3) is 0.607. The third-order valence-electron chi connectivity index (χ3n) is 19.8. The highest BCUT2D eigenvalue weighted by Crippen LogP contribution is 2.71. The summed E-state index contributed by atoms with van der Waals surface area (Å²) in [7, 11) is 0. The van der Waals surface area contributed by atoms with Gasteiger partial charge in [0, 0.05) is 60.2 Å². The summed E-state index contributed by atoms with van der Waals surface area (Å²) in [6.45, 7) is 6.67. The highest BCUT2D eigenvalue weighted by Gasteiger charge is 2.76. The molecule has 458 valence electrons. The number of imide groups is 1. The van der Waals surface area contributed by atoms with Gasteiger partial charge in [0.15, 0.2) is 29.6 Å². The monoisotopic (exact) mass is 1200 g/mol. The number of benzene rings is 2. The Bertz CT molecular complexity index is 3100. The number of amides is 5. The SMILES string of the molecule is CC(C)SC1CC(=O)N(CCC(=O)NCCC(=O)Nc2cc(COC(=O)NC34CC(Cc5ccc([C@@H]6O[C@@H]7C[C@H]8[C@@H]9CCC%10=CC(=O)C=C[C@]%10(C)[C@H]9[C@@H](O)C[C@]8(C)[C@]7(C(=O)CO)O6)cc5)(C3)C4)ccc2O[C@@H]2O[C@H](C(=O)O)[C@@H](O)[C@H](O)[C@H]2O)C1=O. The number of aliphatic carboxylic acids is 1. The van der Waals surface area contributed by atoms with Crippen LogP contribution in [0.5, 0.6) is 5.75 Å². The van der Waals surface area contributed by atoms with Gasteiger partial charge in [0.25, 0.3) is 0 Å². The lowest BCUT2D eigenvalue weighted by Gasteiger charge is -2.70. The lowest BCUT2D eigenvalue weighted by molar-refractivity contribution is -0.271. The van der Waals surface area contributed by atoms with E-state index >= 15 is 0 Å². The lowest BCUT2D eigenvalue weighted by Crippen LogP contribution is -2.75. The number of carbonyl (C=O) groups excluding carboxylic acids is 7. The van der Waals surface area contributed by atoms with Gasteiger partial charge in [0.2, 0.25) is 29.9 Å². The Kier molecular flexibility index (Phi) is 16.3. The van der Waals surface area contributed by atoms with E-state index in [4.69, 9.17) is 23.7 Å². The van der Waals surface area contributed by atoms with E-state index in [2.05, 4.69) is 22.9 Å². The third-order valence-corrected chi connectivity index (χ3v) is 21.0. The second kappa shape index (κ2) is 22.9. The molecule has 23 nitrogen and oxygen atoms in total. The van der Waals surface area contributed by atoms with Crippen molar-refractivity contribution in [2.24, 2.45) is 34.0 Å². The van der Waals surface area contributed by atoms with Crippen molar-refractivity contribution in [3.63, 3.8) is 0 Å². The Hall–Kier alpha value is -6.09. The second-order valence-corrected chi connectivity index (χ2v) is 27.4. The fourth-order valence-corrected chi connectivity index (χ4v) is 17.2. The van der Waals surface area contributed by atoms with E-state index in [0.717, 1.165) is 34.4 Å². The zero-order valence-corrected chi connectivity index (χ0v) is 48.5. The van der Waals surface area contributed by atoms with Crippen molar-refractivity contribution >= 4 is 64.7 Å². The van der Waals surface area contributed by atoms with Crippen LogP contribution in [-0.4, -0.2) is 167 Å². The summed E-state index contributed by atoms with van der Waals surface area (Å²) in [4.78, 5) is 104. The predicted octanol–water partition coefficient (Wildman–Crippen LogP) is 3.06. The summed E-state index contributed by atoms with van der Waals surface area (Å²) in [5.74, 6) is -4.29. The number of aliphatic hydroxyl groups excluding tert-OH is 5. The number of anilines is 1. The van der Waals surface area contributed by atoms with Crippen LogP contribution in [0.4, 0.5) is 10.5 Å². The van der Waals surface area contributed by atoms with E-state index in [1.807, 2.05) is 51.1 Å². The molecule has 15 atom stereocenters. The van der Waals surface area contributed by atoms with Crippen LogP contribution in [-0.2, 0) is 65.5 Å². The first kappa shape index (κ1) is 60.6. The molecule has 2 aromatic carbocycles. The highest BCUT2D eigenvalue weighted by molar-refractivity contribution is 8.01. The van der Waals surface area contributed by atoms with Crippen molar-refractivity contribution in [1.82, 2.24) is 15.5 Å². The molecule has 2 bridgehead atoms. The van der Waals surface area contributed by atoms with Crippen molar-refractivity contribution in [2.45, 2.75) is 176 Å². The Labute approximate surface area is 494 Å². The van der Waals surface area contributed by atoms with Crippen LogP contribution >= 0.6 is 11.8 Å². The van der Waals surface area contributed by atoms with Crippen LogP contribution in [0.3, 0.4) is 0 Å². The van der Waals surface area contributed by atoms with Gasteiger partial charge in [-0.25, -0.2) is 9.59 Å². The largest absolute Gasteiger partial charge is 0.479 e. The van der Waals surface area contributed by atoms with Gasteiger partial charge in [0.05, 0.1) is 23.1 Å². The molecule has 10 aliphatic rings. The molecule has 2 aromatic rings. The number of carboxylic acids is 1. The number of aliphatic hydroxyl groups is 5. The summed E-state index contributed by atoms with van der Waals surface area (Å²) in [6, 6.07) is 12.1. The molecule has 85 heavy (non-hydrogen) atoms. The van der Waals surface area contributed by atoms with E-state index in [-0.39, 0.29) is 103 Å². The zero-order chi connectivity index (χ0) is 60.7. The highest BCUT2D eigenvalue weighted by atomic mass is 32.2. The minimum Gasteiger partial charge on any atom is -0.479 e. The molecule has 12 rings (SSSR count). The topological polar surface area (TPSA) is 343 Å². The number of Topliss-reactive ketones (excluding diaryl/α,β-unsaturated/α-hetero) is 1. The molecule has 0 spiro atoms. The average molecular weight is 1200 g/mol. The van der Waals surface area contributed by atoms with Gasteiger partial charge in [-0.05, 0) is 109 Å². The first-order valence-corrected chi connectivity index (χ1v) is 30.2. The van der Waals surface area contributed by atoms with Crippen LogP contribution < -0.4 is 20.7 Å². The van der Waals surface area contributed by atoms with Crippen molar-refractivity contribution in [1.29, 1.82) is 0 Å². The number of ether oxygens (including phenoxy) is 5. The molecule has 0 radical (unpaired) electrons. The number of ketones is 2. The molecular weight excluding hydrogens is 1120 g/mol. The molecule has 9 fully saturated rings. The number of carboxylic acid groups (broad SMARTS) is 1. The summed E-state index contributed by atoms with van der Waals surface area (Å²) in [5, 5.41) is 71.2. The first-order valence-electron chi connectivity index (χ1n) is 29.2. The number of allylic oxidation sites excluding steroid dienone is 4. The molecule has 3 saturated heterocycles. The fourth-order valence-electron chi connectivity index (χ4n) is 16.1. The molecule has 3 heterocycles. The summed E-state index contributed by atoms with van der Waals surface area (Å²) in [6.07, 6.45) is -2.68. The van der Waals surface area contributed by atoms with E-state index in [1.54, 1.807) is 12.2 Å². The Morgan fingerprint density at radius 1 is 0.906 bits per heavy atom. The second-order valence-electron chi connectivity index (χ2n) is 25.6. The van der Waals surface area contributed by atoms with E-state index in [0.29, 0.717) is 37.7 Å². The number of alkyl carbamates (subject to hydrolysis) is 1. The normalized spacial score (nSPS) is 37.6.